The average molecular weight is 667 g/mol. The second kappa shape index (κ2) is 11.8. The van der Waals surface area contributed by atoms with Crippen LogP contribution >= 0.6 is 0 Å². The van der Waals surface area contributed by atoms with E-state index in [0.717, 1.165) is 72.3 Å². The standard InChI is InChI=1S/C49H34N2O/c1-49(2)41-24-11-9-20-39(41)46-40(23-14-25-42(46)49)44-30-43(50-48(51-44)32-17-7-4-8-18-32)35-28-33(31-15-5-3-6-16-31)27-34(29-35)36-21-13-22-38-37-19-10-12-26-45(37)52-47(36)38/h3-30H,1-2H3. The molecule has 2 heterocycles. The van der Waals surface area contributed by atoms with E-state index in [9.17, 15) is 0 Å². The summed E-state index contributed by atoms with van der Waals surface area (Å²) in [6.45, 7) is 4.64. The molecule has 2 aromatic heterocycles. The molecule has 0 N–H and O–H groups in total. The van der Waals surface area contributed by atoms with Crippen LogP contribution in [0.1, 0.15) is 25.0 Å². The molecule has 1 aliphatic carbocycles. The monoisotopic (exact) mass is 666 g/mol. The van der Waals surface area contributed by atoms with Crippen molar-refractivity contribution in [2.75, 3.05) is 0 Å². The number of aromatic nitrogens is 2. The van der Waals surface area contributed by atoms with Gasteiger partial charge < -0.3 is 4.42 Å². The van der Waals surface area contributed by atoms with Gasteiger partial charge in [-0.15, -0.1) is 0 Å². The fourth-order valence-electron chi connectivity index (χ4n) is 8.12. The Morgan fingerprint density at radius 1 is 0.423 bits per heavy atom. The molecule has 0 aliphatic heterocycles. The highest BCUT2D eigenvalue weighted by molar-refractivity contribution is 6.10. The lowest BCUT2D eigenvalue weighted by molar-refractivity contribution is 0.660. The van der Waals surface area contributed by atoms with Crippen LogP contribution in [0.4, 0.5) is 0 Å². The van der Waals surface area contributed by atoms with Gasteiger partial charge in [0.2, 0.25) is 0 Å². The zero-order valence-corrected chi connectivity index (χ0v) is 29.0. The number of hydrogen-bond acceptors (Lipinski definition) is 3. The van der Waals surface area contributed by atoms with E-state index in [1.54, 1.807) is 0 Å². The molecule has 0 radical (unpaired) electrons. The first kappa shape index (κ1) is 30.3. The van der Waals surface area contributed by atoms with Crippen molar-refractivity contribution in [3.05, 3.63) is 181 Å². The van der Waals surface area contributed by atoms with Crippen molar-refractivity contribution in [1.29, 1.82) is 0 Å². The Labute approximate surface area is 302 Å². The van der Waals surface area contributed by atoms with Crippen LogP contribution in [0.25, 0.3) is 89.2 Å². The minimum absolute atomic E-state index is 0.114. The van der Waals surface area contributed by atoms with E-state index >= 15 is 0 Å². The normalized spacial score (nSPS) is 13.0. The lowest BCUT2D eigenvalue weighted by atomic mass is 9.82. The molecule has 9 aromatic rings. The van der Waals surface area contributed by atoms with E-state index in [-0.39, 0.29) is 5.41 Å². The highest BCUT2D eigenvalue weighted by atomic mass is 16.3. The Hall–Kier alpha value is -6.58. The number of nitrogens with zero attached hydrogens (tertiary/aromatic N) is 2. The second-order valence-corrected chi connectivity index (χ2v) is 14.2. The van der Waals surface area contributed by atoms with Gasteiger partial charge in [0.15, 0.2) is 5.82 Å². The van der Waals surface area contributed by atoms with Gasteiger partial charge in [-0.3, -0.25) is 0 Å². The Morgan fingerprint density at radius 2 is 1.02 bits per heavy atom. The van der Waals surface area contributed by atoms with Crippen LogP contribution in [-0.2, 0) is 5.41 Å². The number of fused-ring (bicyclic) bond motifs is 6. The summed E-state index contributed by atoms with van der Waals surface area (Å²) in [5.41, 5.74) is 16.1. The summed E-state index contributed by atoms with van der Waals surface area (Å²) in [6, 6.07) is 60.0. The number of hydrogen-bond donors (Lipinski definition) is 0. The van der Waals surface area contributed by atoms with Gasteiger partial charge in [-0.05, 0) is 69.3 Å². The average Bonchev–Trinajstić information content (AvgIpc) is 3.70. The first-order valence-corrected chi connectivity index (χ1v) is 17.8. The summed E-state index contributed by atoms with van der Waals surface area (Å²) >= 11 is 0. The van der Waals surface area contributed by atoms with Crippen molar-refractivity contribution >= 4 is 21.9 Å². The third-order valence-electron chi connectivity index (χ3n) is 10.7. The van der Waals surface area contributed by atoms with E-state index in [2.05, 4.69) is 153 Å². The molecule has 3 nitrogen and oxygen atoms in total. The van der Waals surface area contributed by atoms with E-state index in [0.29, 0.717) is 5.82 Å². The first-order valence-electron chi connectivity index (χ1n) is 17.8. The Morgan fingerprint density at radius 3 is 1.87 bits per heavy atom. The molecule has 246 valence electrons. The number of benzene rings is 7. The van der Waals surface area contributed by atoms with Gasteiger partial charge >= 0.3 is 0 Å². The topological polar surface area (TPSA) is 38.9 Å². The minimum Gasteiger partial charge on any atom is -0.455 e. The van der Waals surface area contributed by atoms with Crippen LogP contribution in [0.3, 0.4) is 0 Å². The van der Waals surface area contributed by atoms with Crippen LogP contribution in [-0.4, -0.2) is 9.97 Å². The predicted octanol–water partition coefficient (Wildman–Crippen LogP) is 13.0. The molecule has 0 atom stereocenters. The zero-order valence-electron chi connectivity index (χ0n) is 29.0. The molecule has 1 aliphatic rings. The van der Waals surface area contributed by atoms with Gasteiger partial charge in [-0.1, -0.05) is 153 Å². The number of para-hydroxylation sites is 2. The largest absolute Gasteiger partial charge is 0.455 e. The summed E-state index contributed by atoms with van der Waals surface area (Å²) in [4.78, 5) is 10.6. The van der Waals surface area contributed by atoms with E-state index in [1.165, 1.54) is 22.3 Å². The molecule has 0 saturated heterocycles. The van der Waals surface area contributed by atoms with Gasteiger partial charge in [0, 0.05) is 38.4 Å². The predicted molar refractivity (Wildman–Crippen MR) is 214 cm³/mol. The summed E-state index contributed by atoms with van der Waals surface area (Å²) in [6.07, 6.45) is 0. The number of furan rings is 1. The number of rotatable bonds is 5. The SMILES string of the molecule is CC1(C)c2ccccc2-c2c(-c3cc(-c4cc(-c5ccccc5)cc(-c5cccc6c5oc5ccccc56)c4)nc(-c4ccccc4)n3)cccc21. The van der Waals surface area contributed by atoms with Crippen LogP contribution in [0.5, 0.6) is 0 Å². The van der Waals surface area contributed by atoms with Crippen LogP contribution in [0.2, 0.25) is 0 Å². The molecule has 0 saturated carbocycles. The summed E-state index contributed by atoms with van der Waals surface area (Å²) in [5, 5.41) is 2.23. The van der Waals surface area contributed by atoms with Crippen LogP contribution in [0.15, 0.2) is 174 Å². The van der Waals surface area contributed by atoms with Crippen molar-refractivity contribution < 1.29 is 4.42 Å². The van der Waals surface area contributed by atoms with Gasteiger partial charge in [-0.2, -0.15) is 0 Å². The minimum atomic E-state index is -0.114. The van der Waals surface area contributed by atoms with Crippen LogP contribution < -0.4 is 0 Å². The first-order chi connectivity index (χ1) is 25.5. The third kappa shape index (κ3) is 4.81. The van der Waals surface area contributed by atoms with Crippen LogP contribution in [0, 0.1) is 0 Å². The molecule has 0 bridgehead atoms. The fraction of sp³-hybridized carbons (Fsp3) is 0.0612. The maximum atomic E-state index is 6.55. The van der Waals surface area contributed by atoms with Crippen molar-refractivity contribution in [2.45, 2.75) is 19.3 Å². The van der Waals surface area contributed by atoms with Gasteiger partial charge in [0.25, 0.3) is 0 Å². The van der Waals surface area contributed by atoms with E-state index in [1.807, 2.05) is 30.3 Å². The maximum absolute atomic E-state index is 6.55. The zero-order chi connectivity index (χ0) is 34.8. The smallest absolute Gasteiger partial charge is 0.160 e. The van der Waals surface area contributed by atoms with Gasteiger partial charge in [0.05, 0.1) is 11.4 Å². The highest BCUT2D eigenvalue weighted by Gasteiger charge is 2.36. The van der Waals surface area contributed by atoms with E-state index < -0.39 is 0 Å². The third-order valence-corrected chi connectivity index (χ3v) is 10.7. The summed E-state index contributed by atoms with van der Waals surface area (Å²) in [5.74, 6) is 0.697. The van der Waals surface area contributed by atoms with Crippen molar-refractivity contribution in [3.63, 3.8) is 0 Å². The Balaban J connectivity index is 1.23. The van der Waals surface area contributed by atoms with E-state index in [4.69, 9.17) is 14.4 Å². The Bertz CT molecular complexity index is 2810. The quantitative estimate of drug-likeness (QED) is 0.183. The lowest BCUT2D eigenvalue weighted by Gasteiger charge is -2.21. The van der Waals surface area contributed by atoms with Gasteiger partial charge in [-0.25, -0.2) is 9.97 Å². The highest BCUT2D eigenvalue weighted by Crippen LogP contribution is 2.52. The molecule has 0 spiro atoms. The molecule has 10 rings (SSSR count). The molecular weight excluding hydrogens is 633 g/mol. The van der Waals surface area contributed by atoms with Crippen molar-refractivity contribution in [3.8, 4) is 67.3 Å². The second-order valence-electron chi connectivity index (χ2n) is 14.2. The van der Waals surface area contributed by atoms with Crippen molar-refractivity contribution in [2.24, 2.45) is 0 Å². The molecule has 7 aromatic carbocycles. The molecular formula is C49H34N2O. The molecule has 0 amide bonds. The molecule has 0 fully saturated rings. The molecule has 0 unspecified atom stereocenters. The summed E-state index contributed by atoms with van der Waals surface area (Å²) < 4.78 is 6.55. The van der Waals surface area contributed by atoms with Gasteiger partial charge in [0.1, 0.15) is 11.2 Å². The summed E-state index contributed by atoms with van der Waals surface area (Å²) in [7, 11) is 0. The fourth-order valence-corrected chi connectivity index (χ4v) is 8.12. The lowest BCUT2D eigenvalue weighted by Crippen LogP contribution is -2.14. The Kier molecular flexibility index (Phi) is 6.84. The molecule has 52 heavy (non-hydrogen) atoms. The van der Waals surface area contributed by atoms with Crippen molar-refractivity contribution in [1.82, 2.24) is 9.97 Å². The molecule has 3 heteroatoms. The maximum Gasteiger partial charge on any atom is 0.160 e.